The Bertz CT molecular complexity index is 1020. The molecule has 2 heterocycles. The third-order valence-corrected chi connectivity index (χ3v) is 9.21. The highest BCUT2D eigenvalue weighted by Crippen LogP contribution is 2.76. The van der Waals surface area contributed by atoms with Gasteiger partial charge in [-0.3, -0.25) is 4.79 Å². The van der Waals surface area contributed by atoms with Gasteiger partial charge in [0.05, 0.1) is 17.6 Å². The molecule has 5 aliphatic rings. The molecular weight excluding hydrogens is 444 g/mol. The second kappa shape index (κ2) is 6.91. The van der Waals surface area contributed by atoms with E-state index in [0.29, 0.717) is 12.8 Å². The van der Waals surface area contributed by atoms with Crippen LogP contribution in [0.1, 0.15) is 53.9 Å². The molecule has 188 valence electrons. The van der Waals surface area contributed by atoms with Crippen molar-refractivity contribution in [2.75, 3.05) is 0 Å². The van der Waals surface area contributed by atoms with Gasteiger partial charge in [0, 0.05) is 29.4 Å². The number of hydrogen-bond acceptors (Lipinski definition) is 9. The minimum Gasteiger partial charge on any atom is -0.459 e. The van der Waals surface area contributed by atoms with E-state index in [1.54, 1.807) is 6.92 Å². The van der Waals surface area contributed by atoms with Crippen LogP contribution in [0.3, 0.4) is 0 Å². The van der Waals surface area contributed by atoms with Crippen molar-refractivity contribution in [3.8, 4) is 0 Å². The first kappa shape index (κ1) is 23.9. The first-order chi connectivity index (χ1) is 15.7. The number of hydrogen-bond donors (Lipinski definition) is 4. The summed E-state index contributed by atoms with van der Waals surface area (Å²) in [6, 6.07) is 0. The van der Waals surface area contributed by atoms with E-state index in [-0.39, 0.29) is 35.0 Å². The largest absolute Gasteiger partial charge is 0.459 e. The molecule has 9 heteroatoms. The first-order valence-corrected chi connectivity index (χ1v) is 12.0. The molecule has 2 aliphatic heterocycles. The van der Waals surface area contributed by atoms with Gasteiger partial charge in [-0.1, -0.05) is 27.4 Å². The van der Waals surface area contributed by atoms with Crippen LogP contribution in [0, 0.1) is 23.7 Å². The van der Waals surface area contributed by atoms with Crippen molar-refractivity contribution in [1.82, 2.24) is 0 Å². The van der Waals surface area contributed by atoms with Gasteiger partial charge < -0.3 is 34.6 Å². The molecule has 3 saturated carbocycles. The average molecular weight is 479 g/mol. The number of esters is 2. The Labute approximate surface area is 198 Å². The fourth-order valence-corrected chi connectivity index (χ4v) is 7.37. The quantitative estimate of drug-likeness (QED) is 0.262. The van der Waals surface area contributed by atoms with E-state index in [4.69, 9.17) is 14.2 Å². The van der Waals surface area contributed by atoms with Crippen LogP contribution in [0.5, 0.6) is 0 Å². The fraction of sp³-hybridized carbons (Fsp3) is 0.760. The average Bonchev–Trinajstić information content (AvgIpc) is 3.31. The van der Waals surface area contributed by atoms with Crippen molar-refractivity contribution < 1.29 is 44.2 Å². The molecule has 0 radical (unpaired) electrons. The Morgan fingerprint density at radius 3 is 2.53 bits per heavy atom. The topological polar surface area (TPSA) is 146 Å². The lowest BCUT2D eigenvalue weighted by atomic mass is 9.55. The fourth-order valence-electron chi connectivity index (χ4n) is 7.37. The third kappa shape index (κ3) is 2.57. The van der Waals surface area contributed by atoms with Gasteiger partial charge in [0.1, 0.15) is 23.4 Å². The van der Waals surface area contributed by atoms with Gasteiger partial charge in [0.2, 0.25) is 5.79 Å². The van der Waals surface area contributed by atoms with E-state index in [9.17, 15) is 30.0 Å². The van der Waals surface area contributed by atoms with E-state index >= 15 is 0 Å². The van der Waals surface area contributed by atoms with Gasteiger partial charge in [0.15, 0.2) is 0 Å². The van der Waals surface area contributed by atoms with Crippen molar-refractivity contribution in [3.63, 3.8) is 0 Å². The lowest BCUT2D eigenvalue weighted by Gasteiger charge is -2.50. The predicted molar refractivity (Wildman–Crippen MR) is 117 cm³/mol. The lowest BCUT2D eigenvalue weighted by molar-refractivity contribution is -0.197. The summed E-state index contributed by atoms with van der Waals surface area (Å²) < 4.78 is 17.6. The Morgan fingerprint density at radius 2 is 1.91 bits per heavy atom. The Hall–Kier alpha value is -1.78. The molecule has 9 nitrogen and oxygen atoms in total. The number of aliphatic hydroxyl groups excluding tert-OH is 2. The molecule has 3 aliphatic carbocycles. The summed E-state index contributed by atoms with van der Waals surface area (Å²) in [5.41, 5.74) is -3.88. The summed E-state index contributed by atoms with van der Waals surface area (Å²) in [4.78, 5) is 25.4. The summed E-state index contributed by atoms with van der Waals surface area (Å²) in [6.07, 6.45) is -2.93. The number of aliphatic hydroxyl groups is 4. The van der Waals surface area contributed by atoms with E-state index in [0.717, 1.165) is 0 Å². The molecule has 0 aromatic heterocycles. The van der Waals surface area contributed by atoms with Crippen LogP contribution >= 0.6 is 0 Å². The number of carbonyl (C=O) groups is 2. The van der Waals surface area contributed by atoms with Gasteiger partial charge >= 0.3 is 11.9 Å². The first-order valence-electron chi connectivity index (χ1n) is 12.0. The molecule has 0 amide bonds. The second-order valence-corrected chi connectivity index (χ2v) is 11.2. The molecular formula is C25H34O9. The van der Waals surface area contributed by atoms with Crippen molar-refractivity contribution >= 4 is 11.9 Å². The molecule has 0 unspecified atom stereocenters. The molecule has 1 saturated heterocycles. The summed E-state index contributed by atoms with van der Waals surface area (Å²) in [6.45, 7) is 12.6. The van der Waals surface area contributed by atoms with Crippen molar-refractivity contribution in [3.05, 3.63) is 23.3 Å². The van der Waals surface area contributed by atoms with Gasteiger partial charge in [-0.05, 0) is 38.2 Å². The van der Waals surface area contributed by atoms with E-state index in [1.165, 1.54) is 13.8 Å². The minimum absolute atomic E-state index is 0.106. The maximum Gasteiger partial charge on any atom is 0.336 e. The molecule has 5 rings (SSSR count). The molecule has 0 spiro atoms. The maximum atomic E-state index is 12.8. The summed E-state index contributed by atoms with van der Waals surface area (Å²) in [5, 5.41) is 45.7. The van der Waals surface area contributed by atoms with Crippen LogP contribution in [0.4, 0.5) is 0 Å². The number of epoxide rings is 1. The number of carbonyl (C=O) groups excluding carboxylic acids is 2. The highest BCUT2D eigenvalue weighted by molar-refractivity contribution is 5.92. The monoisotopic (exact) mass is 478 g/mol. The van der Waals surface area contributed by atoms with Gasteiger partial charge in [-0.25, -0.2) is 4.79 Å². The summed E-state index contributed by atoms with van der Waals surface area (Å²) in [7, 11) is 0. The zero-order valence-electron chi connectivity index (χ0n) is 20.2. The van der Waals surface area contributed by atoms with Crippen LogP contribution in [-0.4, -0.2) is 73.3 Å². The van der Waals surface area contributed by atoms with Crippen LogP contribution in [0.2, 0.25) is 0 Å². The smallest absolute Gasteiger partial charge is 0.336 e. The molecule has 4 fully saturated rings. The number of fused-ring (bicyclic) bond motifs is 3. The predicted octanol–water partition coefficient (Wildman–Crippen LogP) is 0.732. The van der Waals surface area contributed by atoms with Crippen molar-refractivity contribution in [2.45, 2.75) is 94.8 Å². The Kier molecular flexibility index (Phi) is 4.87. The lowest BCUT2D eigenvalue weighted by Crippen LogP contribution is -2.66. The second-order valence-electron chi connectivity index (χ2n) is 11.2. The van der Waals surface area contributed by atoms with E-state index in [2.05, 4.69) is 6.58 Å². The zero-order chi connectivity index (χ0) is 25.2. The SMILES string of the molecule is C=C1[C@@H]2[C@@H](C3=C(C)C(=O)O[C@@]3(O)C[C@@H]1O)[C@@](C)(O)[C@H](O)[C@@]13C[C@@H](C)[C@@H](OC(=O)[C@@H](C)CC)[C@@]21O3. The molecule has 11 atom stereocenters. The standard InChI is InChI=1S/C25H34O9/c1-7-10(2)19(27)32-18-11(3)8-23-21(29)22(6,30)17-15-13(5)20(28)33-24(15,31)9-14(26)12(4)16(17)25(18,23)34-23/h10-11,14,16-18,21,26,29-31H,4,7-9H2,1-3,5-6H3/t10-,11+,14-,16+,17+,18+,21-,22+,23-,24-,25-/m0/s1. The number of rotatable bonds is 3. The highest BCUT2D eigenvalue weighted by Gasteiger charge is 2.91. The third-order valence-electron chi connectivity index (χ3n) is 9.21. The molecule has 34 heavy (non-hydrogen) atoms. The van der Waals surface area contributed by atoms with Gasteiger partial charge in [-0.15, -0.1) is 0 Å². The maximum absolute atomic E-state index is 12.8. The van der Waals surface area contributed by atoms with Crippen LogP contribution in [0.15, 0.2) is 23.3 Å². The van der Waals surface area contributed by atoms with Crippen LogP contribution in [-0.2, 0) is 23.8 Å². The molecule has 4 N–H and O–H groups in total. The molecule has 0 aromatic rings. The van der Waals surface area contributed by atoms with E-state index in [1.807, 2.05) is 13.8 Å². The van der Waals surface area contributed by atoms with E-state index < -0.39 is 64.7 Å². The van der Waals surface area contributed by atoms with Crippen molar-refractivity contribution in [2.24, 2.45) is 23.7 Å². The molecule has 0 bridgehead atoms. The summed E-state index contributed by atoms with van der Waals surface area (Å²) >= 11 is 0. The van der Waals surface area contributed by atoms with Crippen molar-refractivity contribution in [1.29, 1.82) is 0 Å². The molecule has 0 aromatic carbocycles. The Balaban J connectivity index is 1.71. The van der Waals surface area contributed by atoms with Gasteiger partial charge in [0.25, 0.3) is 0 Å². The number of ether oxygens (including phenoxy) is 3. The highest BCUT2D eigenvalue weighted by atomic mass is 16.7. The van der Waals surface area contributed by atoms with Gasteiger partial charge in [-0.2, -0.15) is 0 Å². The van der Waals surface area contributed by atoms with Crippen LogP contribution < -0.4 is 0 Å². The minimum atomic E-state index is -2.16. The normalized spacial score (nSPS) is 52.1. The Morgan fingerprint density at radius 1 is 1.26 bits per heavy atom. The summed E-state index contributed by atoms with van der Waals surface area (Å²) in [5.74, 6) is -5.80. The zero-order valence-corrected chi connectivity index (χ0v) is 20.2. The van der Waals surface area contributed by atoms with Crippen LogP contribution in [0.25, 0.3) is 0 Å².